The number of halogens is 1. The van der Waals surface area contributed by atoms with Crippen LogP contribution in [0.25, 0.3) is 0 Å². The Hall–Kier alpha value is -1.34. The van der Waals surface area contributed by atoms with Gasteiger partial charge in [-0.25, -0.2) is 8.42 Å². The standard InChI is InChI=1S/C11H14ClNO5S/c1-3-18-9-5-4-6-10(11(9)13(14)15)19(16,17)8(2)7-12/h4-6,8H,3,7H2,1-2H3. The number of benzene rings is 1. The summed E-state index contributed by atoms with van der Waals surface area (Å²) in [6.45, 7) is 3.26. The molecule has 0 radical (unpaired) electrons. The van der Waals surface area contributed by atoms with Crippen molar-refractivity contribution in [2.24, 2.45) is 0 Å². The van der Waals surface area contributed by atoms with Crippen molar-refractivity contribution < 1.29 is 18.1 Å². The minimum Gasteiger partial charge on any atom is -0.487 e. The second kappa shape index (κ2) is 6.21. The van der Waals surface area contributed by atoms with Gasteiger partial charge in [-0.15, -0.1) is 11.6 Å². The second-order valence-electron chi connectivity index (χ2n) is 3.80. The van der Waals surface area contributed by atoms with Gasteiger partial charge in [0.1, 0.15) is 4.90 Å². The monoisotopic (exact) mass is 307 g/mol. The van der Waals surface area contributed by atoms with E-state index in [2.05, 4.69) is 0 Å². The first-order valence-electron chi connectivity index (χ1n) is 5.56. The molecule has 0 aromatic heterocycles. The van der Waals surface area contributed by atoms with Gasteiger partial charge in [-0.05, 0) is 26.0 Å². The zero-order valence-electron chi connectivity index (χ0n) is 10.5. The quantitative estimate of drug-likeness (QED) is 0.457. The zero-order chi connectivity index (χ0) is 14.6. The van der Waals surface area contributed by atoms with Crippen molar-refractivity contribution in [2.75, 3.05) is 12.5 Å². The van der Waals surface area contributed by atoms with Crippen LogP contribution in [-0.2, 0) is 9.84 Å². The van der Waals surface area contributed by atoms with Gasteiger partial charge < -0.3 is 4.74 Å². The molecule has 0 amide bonds. The molecular weight excluding hydrogens is 294 g/mol. The molecular formula is C11H14ClNO5S. The van der Waals surface area contributed by atoms with Crippen molar-refractivity contribution >= 4 is 27.1 Å². The summed E-state index contributed by atoms with van der Waals surface area (Å²) in [5.41, 5.74) is -0.540. The van der Waals surface area contributed by atoms with Gasteiger partial charge in [-0.2, -0.15) is 0 Å². The molecule has 0 heterocycles. The number of hydrogen-bond donors (Lipinski definition) is 0. The van der Waals surface area contributed by atoms with Crippen LogP contribution in [0.1, 0.15) is 13.8 Å². The lowest BCUT2D eigenvalue weighted by Gasteiger charge is -2.12. The average molecular weight is 308 g/mol. The Morgan fingerprint density at radius 2 is 2.11 bits per heavy atom. The summed E-state index contributed by atoms with van der Waals surface area (Å²) in [6.07, 6.45) is 0. The van der Waals surface area contributed by atoms with Crippen LogP contribution in [0.2, 0.25) is 0 Å². The van der Waals surface area contributed by atoms with Crippen molar-refractivity contribution in [2.45, 2.75) is 24.0 Å². The molecule has 1 atom stereocenters. The van der Waals surface area contributed by atoms with E-state index in [1.165, 1.54) is 25.1 Å². The Balaban J connectivity index is 3.52. The molecule has 0 aliphatic carbocycles. The molecule has 106 valence electrons. The van der Waals surface area contributed by atoms with E-state index >= 15 is 0 Å². The predicted molar refractivity (Wildman–Crippen MR) is 71.6 cm³/mol. The minimum absolute atomic E-state index is 0.0599. The first-order valence-corrected chi connectivity index (χ1v) is 7.64. The van der Waals surface area contributed by atoms with Crippen LogP contribution in [0.15, 0.2) is 23.1 Å². The lowest BCUT2D eigenvalue weighted by Crippen LogP contribution is -2.20. The van der Waals surface area contributed by atoms with Crippen molar-refractivity contribution in [1.82, 2.24) is 0 Å². The fourth-order valence-corrected chi connectivity index (χ4v) is 3.29. The molecule has 0 aliphatic heterocycles. The van der Waals surface area contributed by atoms with Gasteiger partial charge in [-0.1, -0.05) is 6.07 Å². The van der Waals surface area contributed by atoms with Gasteiger partial charge in [-0.3, -0.25) is 10.1 Å². The van der Waals surface area contributed by atoms with Crippen LogP contribution in [0.5, 0.6) is 5.75 Å². The first-order chi connectivity index (χ1) is 8.86. The van der Waals surface area contributed by atoms with Crippen LogP contribution in [0.4, 0.5) is 5.69 Å². The molecule has 1 aromatic rings. The third-order valence-corrected chi connectivity index (χ3v) is 5.31. The number of nitro benzene ring substituents is 1. The highest BCUT2D eigenvalue weighted by atomic mass is 35.5. The lowest BCUT2D eigenvalue weighted by molar-refractivity contribution is -0.388. The molecule has 6 nitrogen and oxygen atoms in total. The summed E-state index contributed by atoms with van der Waals surface area (Å²) in [6, 6.07) is 3.97. The second-order valence-corrected chi connectivity index (χ2v) is 6.45. The van der Waals surface area contributed by atoms with E-state index in [0.29, 0.717) is 0 Å². The molecule has 1 rings (SSSR count). The van der Waals surface area contributed by atoms with Gasteiger partial charge in [0, 0.05) is 5.88 Å². The topological polar surface area (TPSA) is 86.5 Å². The summed E-state index contributed by atoms with van der Waals surface area (Å²) < 4.78 is 29.5. The largest absolute Gasteiger partial charge is 0.487 e. The fraction of sp³-hybridized carbons (Fsp3) is 0.455. The molecule has 1 unspecified atom stereocenters. The molecule has 19 heavy (non-hydrogen) atoms. The van der Waals surface area contributed by atoms with Gasteiger partial charge in [0.25, 0.3) is 0 Å². The van der Waals surface area contributed by atoms with Crippen molar-refractivity contribution in [1.29, 1.82) is 0 Å². The Bertz CT molecular complexity index is 572. The molecule has 0 aliphatic rings. The molecule has 0 saturated carbocycles. The van der Waals surface area contributed by atoms with E-state index < -0.39 is 25.7 Å². The normalized spacial score (nSPS) is 13.0. The third-order valence-electron chi connectivity index (χ3n) is 2.50. The molecule has 0 saturated heterocycles. The van der Waals surface area contributed by atoms with E-state index in [4.69, 9.17) is 16.3 Å². The maximum Gasteiger partial charge on any atom is 0.329 e. The minimum atomic E-state index is -3.86. The average Bonchev–Trinajstić information content (AvgIpc) is 2.37. The van der Waals surface area contributed by atoms with Gasteiger partial charge >= 0.3 is 5.69 Å². The maximum atomic E-state index is 12.2. The Kier molecular flexibility index (Phi) is 5.13. The van der Waals surface area contributed by atoms with E-state index in [0.717, 1.165) is 0 Å². The number of alkyl halides is 1. The smallest absolute Gasteiger partial charge is 0.329 e. The van der Waals surface area contributed by atoms with Crippen LogP contribution < -0.4 is 4.74 Å². The van der Waals surface area contributed by atoms with Gasteiger partial charge in [0.15, 0.2) is 15.6 Å². The highest BCUT2D eigenvalue weighted by Gasteiger charge is 2.33. The maximum absolute atomic E-state index is 12.2. The van der Waals surface area contributed by atoms with Crippen LogP contribution in [-0.4, -0.2) is 31.1 Å². The molecule has 0 bridgehead atoms. The number of rotatable bonds is 6. The van der Waals surface area contributed by atoms with E-state index in [9.17, 15) is 18.5 Å². The first kappa shape index (κ1) is 15.7. The van der Waals surface area contributed by atoms with Crippen molar-refractivity contribution in [3.8, 4) is 5.75 Å². The molecule has 8 heteroatoms. The summed E-state index contributed by atoms with van der Waals surface area (Å²) in [5, 5.41) is 10.2. The van der Waals surface area contributed by atoms with E-state index in [1.807, 2.05) is 0 Å². The summed E-state index contributed by atoms with van der Waals surface area (Å²) in [5.74, 6) is -0.200. The Morgan fingerprint density at radius 3 is 2.58 bits per heavy atom. The number of sulfone groups is 1. The summed E-state index contributed by atoms with van der Waals surface area (Å²) in [7, 11) is -3.86. The number of para-hydroxylation sites is 1. The van der Waals surface area contributed by atoms with E-state index in [-0.39, 0.29) is 23.1 Å². The Morgan fingerprint density at radius 1 is 1.47 bits per heavy atom. The van der Waals surface area contributed by atoms with Crippen molar-refractivity contribution in [3.05, 3.63) is 28.3 Å². The number of nitrogens with zero attached hydrogens (tertiary/aromatic N) is 1. The van der Waals surface area contributed by atoms with Crippen molar-refractivity contribution in [3.63, 3.8) is 0 Å². The summed E-state index contributed by atoms with van der Waals surface area (Å²) in [4.78, 5) is 9.99. The van der Waals surface area contributed by atoms with Crippen LogP contribution in [0, 0.1) is 10.1 Å². The summed E-state index contributed by atoms with van der Waals surface area (Å²) >= 11 is 5.54. The molecule has 1 aromatic carbocycles. The zero-order valence-corrected chi connectivity index (χ0v) is 12.1. The fourth-order valence-electron chi connectivity index (χ4n) is 1.48. The third kappa shape index (κ3) is 3.16. The number of hydrogen-bond acceptors (Lipinski definition) is 5. The van der Waals surface area contributed by atoms with Crippen LogP contribution >= 0.6 is 11.6 Å². The number of ether oxygens (including phenoxy) is 1. The highest BCUT2D eigenvalue weighted by molar-refractivity contribution is 7.92. The molecule has 0 spiro atoms. The highest BCUT2D eigenvalue weighted by Crippen LogP contribution is 2.35. The van der Waals surface area contributed by atoms with Gasteiger partial charge in [0.2, 0.25) is 0 Å². The number of nitro groups is 1. The SMILES string of the molecule is CCOc1cccc(S(=O)(=O)C(C)CCl)c1[N+](=O)[O-]. The van der Waals surface area contributed by atoms with Crippen LogP contribution in [0.3, 0.4) is 0 Å². The molecule has 0 fully saturated rings. The van der Waals surface area contributed by atoms with E-state index in [1.54, 1.807) is 6.92 Å². The lowest BCUT2D eigenvalue weighted by atomic mass is 10.3. The molecule has 0 N–H and O–H groups in total. The van der Waals surface area contributed by atoms with Gasteiger partial charge in [0.05, 0.1) is 16.8 Å². The Labute approximate surface area is 116 Å². The predicted octanol–water partition coefficient (Wildman–Crippen LogP) is 2.39.